The van der Waals surface area contributed by atoms with Crippen molar-refractivity contribution in [2.24, 2.45) is 0 Å². The van der Waals surface area contributed by atoms with Crippen LogP contribution in [0.1, 0.15) is 68.3 Å². The quantitative estimate of drug-likeness (QED) is 0.147. The van der Waals surface area contributed by atoms with Gasteiger partial charge < -0.3 is 4.74 Å². The lowest BCUT2D eigenvalue weighted by Crippen LogP contribution is -2.13. The van der Waals surface area contributed by atoms with Gasteiger partial charge in [-0.2, -0.15) is 0 Å². The van der Waals surface area contributed by atoms with E-state index in [-0.39, 0.29) is 0 Å². The summed E-state index contributed by atoms with van der Waals surface area (Å²) in [5.74, 6) is 3.01. The maximum absolute atomic E-state index is 7.25. The molecule has 3 heteroatoms. The first-order valence-electron chi connectivity index (χ1n) is 16.4. The van der Waals surface area contributed by atoms with E-state index in [0.717, 1.165) is 85.7 Å². The zero-order chi connectivity index (χ0) is 29.9. The summed E-state index contributed by atoms with van der Waals surface area (Å²) in [6.07, 6.45) is 16.4. The van der Waals surface area contributed by atoms with Gasteiger partial charge in [0.15, 0.2) is 0 Å². The molecule has 3 aliphatic carbocycles. The van der Waals surface area contributed by atoms with E-state index in [9.17, 15) is 0 Å². The topological polar surface area (TPSA) is 20.5 Å². The average Bonchev–Trinajstić information content (AvgIpc) is 3.08. The summed E-state index contributed by atoms with van der Waals surface area (Å²) in [5.41, 5.74) is 9.74. The Balaban J connectivity index is 1.09. The van der Waals surface area contributed by atoms with Crippen LogP contribution in [0.25, 0.3) is 44.2 Å². The second kappa shape index (κ2) is 10.9. The van der Waals surface area contributed by atoms with Gasteiger partial charge >= 0.3 is 11.3 Å². The van der Waals surface area contributed by atoms with Gasteiger partial charge in [0.1, 0.15) is 11.5 Å². The van der Waals surface area contributed by atoms with Crippen molar-refractivity contribution < 1.29 is 9.15 Å². The van der Waals surface area contributed by atoms with Crippen LogP contribution in [-0.2, 0) is 6.42 Å². The van der Waals surface area contributed by atoms with Crippen LogP contribution in [0.4, 0.5) is 0 Å². The summed E-state index contributed by atoms with van der Waals surface area (Å²) in [6, 6.07) is 28.1. The van der Waals surface area contributed by atoms with Crippen LogP contribution in [0.2, 0.25) is 0 Å². The first-order chi connectivity index (χ1) is 22.2. The molecule has 1 aliphatic heterocycles. The Bertz CT molecular complexity index is 2220. The molecule has 0 unspecified atom stereocenters. The lowest BCUT2D eigenvalue weighted by molar-refractivity contribution is 0.411. The number of hydrogen-bond acceptors (Lipinski definition) is 1. The fourth-order valence-corrected chi connectivity index (χ4v) is 8.10. The smallest absolute Gasteiger partial charge is 0.361 e. The van der Waals surface area contributed by atoms with Crippen molar-refractivity contribution in [1.29, 1.82) is 0 Å². The SMILES string of the molecule is ClC1=C(/C=C2\CCCc3cc4c(ccc5ccccc54)[o+]c32)CCC/C1=C/C1=C2Oc3ccc4ccccc4c3C=C2CCC1. The lowest BCUT2D eigenvalue weighted by atomic mass is 9.85. The van der Waals surface area contributed by atoms with Gasteiger partial charge in [0, 0.05) is 16.7 Å². The molecule has 0 saturated heterocycles. The lowest BCUT2D eigenvalue weighted by Gasteiger charge is -2.28. The molecule has 5 aromatic rings. The van der Waals surface area contributed by atoms with Crippen molar-refractivity contribution in [2.75, 3.05) is 0 Å². The maximum Gasteiger partial charge on any atom is 0.361 e. The molecule has 0 N–H and O–H groups in total. The van der Waals surface area contributed by atoms with Crippen LogP contribution >= 0.6 is 11.6 Å². The second-order valence-electron chi connectivity index (χ2n) is 12.9. The van der Waals surface area contributed by atoms with E-state index >= 15 is 0 Å². The summed E-state index contributed by atoms with van der Waals surface area (Å²) >= 11 is 7.25. The average molecular weight is 606 g/mol. The molecular weight excluding hydrogens is 572 g/mol. The molecule has 0 bridgehead atoms. The number of fused-ring (bicyclic) bond motifs is 8. The Kier molecular flexibility index (Phi) is 6.52. The third-order valence-corrected chi connectivity index (χ3v) is 10.5. The van der Waals surface area contributed by atoms with Crippen molar-refractivity contribution in [3.63, 3.8) is 0 Å². The predicted octanol–water partition coefficient (Wildman–Crippen LogP) is 12.3. The second-order valence-corrected chi connectivity index (χ2v) is 13.2. The third kappa shape index (κ3) is 4.66. The standard InChI is InChI=1S/C42H34ClO2/c43-40-28(22-30-12-6-14-32-24-36-34-16-3-1-8-26(34)18-20-38(36)44-41(30)32)10-5-11-29(40)23-31-13-7-15-33-25-37-35-17-4-2-9-27(35)19-21-39(37)45-42(31)33/h1-4,8-9,16-25H,5-7,10-15H2/q+1. The van der Waals surface area contributed by atoms with Crippen LogP contribution in [-0.4, -0.2) is 0 Å². The van der Waals surface area contributed by atoms with E-state index in [1.807, 2.05) is 0 Å². The minimum Gasteiger partial charge on any atom is -0.456 e. The molecule has 0 atom stereocenters. The Hall–Kier alpha value is -4.40. The number of rotatable bonds is 2. The molecule has 220 valence electrons. The van der Waals surface area contributed by atoms with Crippen LogP contribution in [0.5, 0.6) is 5.75 Å². The monoisotopic (exact) mass is 605 g/mol. The van der Waals surface area contributed by atoms with E-state index in [0.29, 0.717) is 0 Å². The van der Waals surface area contributed by atoms with Gasteiger partial charge in [-0.1, -0.05) is 72.3 Å². The fourth-order valence-electron chi connectivity index (χ4n) is 7.80. The molecule has 9 rings (SSSR count). The summed E-state index contributed by atoms with van der Waals surface area (Å²) in [7, 11) is 0. The molecule has 0 fully saturated rings. The highest BCUT2D eigenvalue weighted by Gasteiger charge is 2.30. The summed E-state index contributed by atoms with van der Waals surface area (Å²) in [4.78, 5) is 0. The number of ether oxygens (including phenoxy) is 1. The van der Waals surface area contributed by atoms with Crippen LogP contribution in [0, 0.1) is 0 Å². The highest BCUT2D eigenvalue weighted by molar-refractivity contribution is 6.32. The van der Waals surface area contributed by atoms with Crippen molar-refractivity contribution in [1.82, 2.24) is 0 Å². The summed E-state index contributed by atoms with van der Waals surface area (Å²) in [5, 5.41) is 7.10. The van der Waals surface area contributed by atoms with Gasteiger partial charge in [0.2, 0.25) is 0 Å². The van der Waals surface area contributed by atoms with Crippen LogP contribution in [0.3, 0.4) is 0 Å². The molecule has 4 aromatic carbocycles. The highest BCUT2D eigenvalue weighted by atomic mass is 35.5. The van der Waals surface area contributed by atoms with Gasteiger partial charge in [-0.05, 0) is 132 Å². The van der Waals surface area contributed by atoms with Gasteiger partial charge in [-0.3, -0.25) is 0 Å². The van der Waals surface area contributed by atoms with Crippen LogP contribution in [0.15, 0.2) is 129 Å². The van der Waals surface area contributed by atoms with E-state index in [1.165, 1.54) is 65.9 Å². The van der Waals surface area contributed by atoms with E-state index in [1.54, 1.807) is 0 Å². The minimum absolute atomic E-state index is 0.902. The molecule has 1 aromatic heterocycles. The molecule has 0 saturated carbocycles. The Morgan fingerprint density at radius 2 is 1.36 bits per heavy atom. The largest absolute Gasteiger partial charge is 0.456 e. The van der Waals surface area contributed by atoms with Gasteiger partial charge in [0.05, 0.1) is 16.5 Å². The number of allylic oxidation sites excluding steroid dienone is 8. The molecule has 2 nitrogen and oxygen atoms in total. The summed E-state index contributed by atoms with van der Waals surface area (Å²) < 4.78 is 13.3. The zero-order valence-electron chi connectivity index (χ0n) is 25.3. The van der Waals surface area contributed by atoms with Gasteiger partial charge in [0.25, 0.3) is 0 Å². The normalized spacial score (nSPS) is 20.0. The summed E-state index contributed by atoms with van der Waals surface area (Å²) in [6.45, 7) is 0. The highest BCUT2D eigenvalue weighted by Crippen LogP contribution is 2.44. The van der Waals surface area contributed by atoms with Gasteiger partial charge in [-0.25, -0.2) is 4.42 Å². The molecule has 45 heavy (non-hydrogen) atoms. The fraction of sp³-hybridized carbons (Fsp3) is 0.214. The minimum atomic E-state index is 0.902. The Morgan fingerprint density at radius 1 is 0.644 bits per heavy atom. The maximum atomic E-state index is 7.25. The molecule has 0 amide bonds. The zero-order valence-corrected chi connectivity index (χ0v) is 26.1. The first-order valence-corrected chi connectivity index (χ1v) is 16.8. The molecule has 0 spiro atoms. The van der Waals surface area contributed by atoms with E-state index < -0.39 is 0 Å². The number of hydrogen-bond donors (Lipinski definition) is 0. The molecule has 0 radical (unpaired) electrons. The number of aryl methyl sites for hydroxylation is 1. The predicted molar refractivity (Wildman–Crippen MR) is 187 cm³/mol. The van der Waals surface area contributed by atoms with Crippen molar-refractivity contribution in [2.45, 2.75) is 57.8 Å². The van der Waals surface area contributed by atoms with Crippen LogP contribution < -0.4 is 4.74 Å². The number of halogens is 1. The van der Waals surface area contributed by atoms with E-state index in [2.05, 4.69) is 97.1 Å². The number of benzene rings is 4. The molecular formula is C42H34ClO2+. The Morgan fingerprint density at radius 3 is 2.27 bits per heavy atom. The Labute approximate surface area is 268 Å². The first kappa shape index (κ1) is 27.0. The van der Waals surface area contributed by atoms with Crippen molar-refractivity contribution >= 4 is 55.8 Å². The molecule has 2 heterocycles. The van der Waals surface area contributed by atoms with Gasteiger partial charge in [-0.15, -0.1) is 0 Å². The molecule has 4 aliphatic rings. The third-order valence-electron chi connectivity index (χ3n) is 10.0. The van der Waals surface area contributed by atoms with Crippen molar-refractivity contribution in [3.05, 3.63) is 141 Å². The van der Waals surface area contributed by atoms with E-state index in [4.69, 9.17) is 20.8 Å². The van der Waals surface area contributed by atoms with Crippen molar-refractivity contribution in [3.8, 4) is 5.75 Å².